The Morgan fingerprint density at radius 3 is 2.55 bits per heavy atom. The Balaban J connectivity index is 1.97. The lowest BCUT2D eigenvalue weighted by atomic mass is 9.92. The molecule has 0 bridgehead atoms. The number of nitro benzene ring substituents is 1. The van der Waals surface area contributed by atoms with Crippen molar-refractivity contribution >= 4 is 33.0 Å². The van der Waals surface area contributed by atoms with Crippen LogP contribution in [0.5, 0.6) is 5.75 Å². The van der Waals surface area contributed by atoms with E-state index in [0.717, 1.165) is 12.5 Å². The van der Waals surface area contributed by atoms with Gasteiger partial charge in [-0.2, -0.15) is 0 Å². The number of benzene rings is 2. The number of anilines is 2. The predicted molar refractivity (Wildman–Crippen MR) is 126 cm³/mol. The van der Waals surface area contributed by atoms with Crippen molar-refractivity contribution in [2.45, 2.75) is 45.9 Å². The molecular formula is C23H29N3O6S. The quantitative estimate of drug-likeness (QED) is 0.465. The third-order valence-corrected chi connectivity index (χ3v) is 7.04. The molecule has 9 nitrogen and oxygen atoms in total. The number of carbonyl (C=O) groups excluding carboxylic acids is 1. The maximum atomic E-state index is 13.1. The van der Waals surface area contributed by atoms with E-state index in [1.165, 1.54) is 18.2 Å². The molecule has 2 aromatic rings. The molecule has 0 unspecified atom stereocenters. The number of aryl methyl sites for hydroxylation is 1. The Bertz CT molecular complexity index is 1190. The van der Waals surface area contributed by atoms with Gasteiger partial charge in [-0.25, -0.2) is 8.42 Å². The van der Waals surface area contributed by atoms with Crippen molar-refractivity contribution in [3.05, 3.63) is 52.1 Å². The van der Waals surface area contributed by atoms with Crippen molar-refractivity contribution in [2.24, 2.45) is 11.3 Å². The van der Waals surface area contributed by atoms with Crippen LogP contribution in [-0.4, -0.2) is 32.4 Å². The maximum absolute atomic E-state index is 13.1. The van der Waals surface area contributed by atoms with Crippen molar-refractivity contribution in [3.63, 3.8) is 0 Å². The van der Waals surface area contributed by atoms with Gasteiger partial charge in [0.15, 0.2) is 0 Å². The first-order valence-corrected chi connectivity index (χ1v) is 12.2. The highest BCUT2D eigenvalue weighted by atomic mass is 32.2. The van der Waals surface area contributed by atoms with Crippen LogP contribution < -0.4 is 14.4 Å². The zero-order chi connectivity index (χ0) is 24.6. The van der Waals surface area contributed by atoms with E-state index in [1.54, 1.807) is 24.0 Å². The van der Waals surface area contributed by atoms with E-state index in [2.05, 4.69) is 18.6 Å². The van der Waals surface area contributed by atoms with Crippen LogP contribution in [0.2, 0.25) is 0 Å². The van der Waals surface area contributed by atoms with E-state index in [0.29, 0.717) is 29.5 Å². The molecule has 1 amide bonds. The van der Waals surface area contributed by atoms with E-state index < -0.39 is 20.4 Å². The molecule has 0 aliphatic carbocycles. The number of fused-ring (bicyclic) bond motifs is 1. The van der Waals surface area contributed by atoms with Crippen LogP contribution in [0, 0.1) is 28.4 Å². The Morgan fingerprint density at radius 1 is 1.21 bits per heavy atom. The fraction of sp³-hybridized carbons (Fsp3) is 0.435. The summed E-state index contributed by atoms with van der Waals surface area (Å²) in [6, 6.07) is 8.44. The lowest BCUT2D eigenvalue weighted by molar-refractivity contribution is -0.385. The molecule has 0 spiro atoms. The zero-order valence-electron chi connectivity index (χ0n) is 19.4. The highest BCUT2D eigenvalue weighted by Crippen LogP contribution is 2.39. The van der Waals surface area contributed by atoms with Crippen molar-refractivity contribution in [3.8, 4) is 5.75 Å². The summed E-state index contributed by atoms with van der Waals surface area (Å²) < 4.78 is 34.4. The molecule has 33 heavy (non-hydrogen) atoms. The molecule has 0 saturated heterocycles. The van der Waals surface area contributed by atoms with E-state index >= 15 is 0 Å². The van der Waals surface area contributed by atoms with Crippen LogP contribution in [-0.2, 0) is 14.8 Å². The number of hydrogen-bond acceptors (Lipinski definition) is 6. The van der Waals surface area contributed by atoms with Crippen LogP contribution >= 0.6 is 0 Å². The molecule has 0 atom stereocenters. The SMILES string of the molecule is Cc1ccc([N+](=O)[O-])cc1S(=O)(=O)Nc1ccc2c(c1)OCC(C)(C)C(=O)N2CCC(C)C. The third kappa shape index (κ3) is 5.27. The number of ether oxygens (including phenoxy) is 1. The van der Waals surface area contributed by atoms with Crippen LogP contribution in [0.25, 0.3) is 0 Å². The summed E-state index contributed by atoms with van der Waals surface area (Å²) in [5.74, 6) is 0.744. The normalized spacial score (nSPS) is 15.6. The summed E-state index contributed by atoms with van der Waals surface area (Å²) >= 11 is 0. The molecular weight excluding hydrogens is 446 g/mol. The summed E-state index contributed by atoms with van der Waals surface area (Å²) in [5.41, 5.74) is 0.144. The lowest BCUT2D eigenvalue weighted by Crippen LogP contribution is -2.42. The number of hydrogen-bond donors (Lipinski definition) is 1. The van der Waals surface area contributed by atoms with Gasteiger partial charge in [0.2, 0.25) is 5.91 Å². The molecule has 2 aromatic carbocycles. The van der Waals surface area contributed by atoms with Gasteiger partial charge in [0.25, 0.3) is 15.7 Å². The number of amides is 1. The van der Waals surface area contributed by atoms with Gasteiger partial charge in [-0.05, 0) is 50.8 Å². The van der Waals surface area contributed by atoms with Gasteiger partial charge in [0.05, 0.1) is 26.6 Å². The molecule has 1 heterocycles. The van der Waals surface area contributed by atoms with Crippen molar-refractivity contribution < 1.29 is 22.9 Å². The molecule has 1 aliphatic rings. The summed E-state index contributed by atoms with van der Waals surface area (Å²) in [5, 5.41) is 11.1. The topological polar surface area (TPSA) is 119 Å². The first-order chi connectivity index (χ1) is 15.3. The highest BCUT2D eigenvalue weighted by molar-refractivity contribution is 7.92. The van der Waals surface area contributed by atoms with Crippen molar-refractivity contribution in [2.75, 3.05) is 22.8 Å². The lowest BCUT2D eigenvalue weighted by Gasteiger charge is -2.28. The maximum Gasteiger partial charge on any atom is 0.270 e. The second-order valence-electron chi connectivity index (χ2n) is 9.31. The Labute approximate surface area is 193 Å². The third-order valence-electron chi connectivity index (χ3n) is 5.52. The smallest absolute Gasteiger partial charge is 0.270 e. The second kappa shape index (κ2) is 9.01. The van der Waals surface area contributed by atoms with Gasteiger partial charge in [-0.3, -0.25) is 19.6 Å². The van der Waals surface area contributed by atoms with E-state index in [4.69, 9.17) is 4.74 Å². The number of carbonyl (C=O) groups is 1. The molecule has 178 valence electrons. The summed E-state index contributed by atoms with van der Waals surface area (Å²) in [6.07, 6.45) is 0.807. The van der Waals surface area contributed by atoms with Crippen LogP contribution in [0.3, 0.4) is 0 Å². The highest BCUT2D eigenvalue weighted by Gasteiger charge is 2.37. The summed E-state index contributed by atoms with van der Waals surface area (Å²) in [7, 11) is -4.09. The average molecular weight is 476 g/mol. The predicted octanol–water partition coefficient (Wildman–Crippen LogP) is 4.50. The van der Waals surface area contributed by atoms with Gasteiger partial charge < -0.3 is 9.64 Å². The summed E-state index contributed by atoms with van der Waals surface area (Å²) in [6.45, 7) is 10.0. The molecule has 0 fully saturated rings. The Morgan fingerprint density at radius 2 is 1.91 bits per heavy atom. The van der Waals surface area contributed by atoms with Crippen molar-refractivity contribution in [1.29, 1.82) is 0 Å². The van der Waals surface area contributed by atoms with Gasteiger partial charge in [-0.15, -0.1) is 0 Å². The van der Waals surface area contributed by atoms with E-state index in [9.17, 15) is 23.3 Å². The monoisotopic (exact) mass is 475 g/mol. The van der Waals surface area contributed by atoms with Crippen LogP contribution in [0.1, 0.15) is 39.7 Å². The first-order valence-electron chi connectivity index (χ1n) is 10.7. The average Bonchev–Trinajstić information content (AvgIpc) is 2.81. The number of nitrogens with one attached hydrogen (secondary N) is 1. The number of nitrogens with zero attached hydrogens (tertiary/aromatic N) is 2. The number of non-ortho nitro benzene ring substituents is 1. The fourth-order valence-electron chi connectivity index (χ4n) is 3.52. The van der Waals surface area contributed by atoms with Gasteiger partial charge in [-0.1, -0.05) is 19.9 Å². The van der Waals surface area contributed by atoms with Gasteiger partial charge in [0, 0.05) is 24.7 Å². The van der Waals surface area contributed by atoms with Gasteiger partial charge >= 0.3 is 0 Å². The fourth-order valence-corrected chi connectivity index (χ4v) is 4.84. The van der Waals surface area contributed by atoms with E-state index in [1.807, 2.05) is 13.8 Å². The Kier molecular flexibility index (Phi) is 6.69. The molecule has 0 radical (unpaired) electrons. The van der Waals surface area contributed by atoms with Crippen LogP contribution in [0.4, 0.5) is 17.1 Å². The van der Waals surface area contributed by atoms with E-state index in [-0.39, 0.29) is 28.8 Å². The first kappa shape index (κ1) is 24.5. The zero-order valence-corrected chi connectivity index (χ0v) is 20.2. The minimum Gasteiger partial charge on any atom is -0.490 e. The molecule has 3 rings (SSSR count). The molecule has 1 aliphatic heterocycles. The minimum absolute atomic E-state index is 0.0533. The number of rotatable bonds is 7. The van der Waals surface area contributed by atoms with Crippen molar-refractivity contribution in [1.82, 2.24) is 0 Å². The second-order valence-corrected chi connectivity index (χ2v) is 11.0. The number of nitro groups is 1. The largest absolute Gasteiger partial charge is 0.490 e. The standard InChI is InChI=1S/C23H29N3O6S/c1-15(2)10-11-25-19-9-7-17(12-20(19)32-14-23(4,5)22(25)27)24-33(30,31)21-13-18(26(28)29)8-6-16(21)3/h6-9,12-13,15,24H,10-11,14H2,1-5H3. The summed E-state index contributed by atoms with van der Waals surface area (Å²) in [4.78, 5) is 25.1. The molecule has 10 heteroatoms. The molecule has 1 N–H and O–H groups in total. The van der Waals surface area contributed by atoms with Crippen LogP contribution in [0.15, 0.2) is 41.3 Å². The number of sulfonamides is 1. The minimum atomic E-state index is -4.09. The molecule has 0 aromatic heterocycles. The molecule has 0 saturated carbocycles. The Hall–Kier alpha value is -3.14. The van der Waals surface area contributed by atoms with Gasteiger partial charge in [0.1, 0.15) is 12.4 Å².